The van der Waals surface area contributed by atoms with Crippen molar-refractivity contribution in [2.45, 2.75) is 38.5 Å². The summed E-state index contributed by atoms with van der Waals surface area (Å²) in [6.45, 7) is 2.15. The average molecular weight is 230 g/mol. The molecule has 2 aliphatic rings. The van der Waals surface area contributed by atoms with Gasteiger partial charge in [0, 0.05) is 11.8 Å². The lowest BCUT2D eigenvalue weighted by Gasteiger charge is -2.36. The first-order chi connectivity index (χ1) is 8.15. The van der Waals surface area contributed by atoms with Crippen LogP contribution in [0.25, 0.3) is 0 Å². The summed E-state index contributed by atoms with van der Waals surface area (Å²) in [4.78, 5) is 12.0. The largest absolute Gasteiger partial charge is 0.497 e. The molecule has 90 valence electrons. The minimum absolute atomic E-state index is 0.0956. The van der Waals surface area contributed by atoms with Gasteiger partial charge in [0.25, 0.3) is 0 Å². The number of hydrogen-bond donors (Lipinski definition) is 0. The molecule has 0 spiro atoms. The summed E-state index contributed by atoms with van der Waals surface area (Å²) >= 11 is 0. The lowest BCUT2D eigenvalue weighted by atomic mass is 9.66. The highest BCUT2D eigenvalue weighted by Crippen LogP contribution is 2.53. The fourth-order valence-electron chi connectivity index (χ4n) is 3.55. The van der Waals surface area contributed by atoms with Crippen LogP contribution in [0.5, 0.6) is 5.75 Å². The number of methoxy groups -OCH3 is 1. The van der Waals surface area contributed by atoms with Crippen LogP contribution >= 0.6 is 0 Å². The molecule has 0 unspecified atom stereocenters. The molecule has 2 aliphatic carbocycles. The van der Waals surface area contributed by atoms with Gasteiger partial charge in [0.1, 0.15) is 11.5 Å². The van der Waals surface area contributed by atoms with E-state index >= 15 is 0 Å². The Morgan fingerprint density at radius 2 is 2.18 bits per heavy atom. The number of aryl methyl sites for hydroxylation is 1. The Morgan fingerprint density at radius 3 is 2.94 bits per heavy atom. The number of hydrogen-bond acceptors (Lipinski definition) is 2. The molecule has 1 aromatic carbocycles. The molecule has 0 bridgehead atoms. The van der Waals surface area contributed by atoms with E-state index in [1.54, 1.807) is 7.11 Å². The van der Waals surface area contributed by atoms with Crippen molar-refractivity contribution in [3.8, 4) is 5.75 Å². The number of carbonyl (C=O) groups excluding carboxylic acids is 1. The van der Waals surface area contributed by atoms with Gasteiger partial charge in [-0.15, -0.1) is 0 Å². The topological polar surface area (TPSA) is 26.3 Å². The fraction of sp³-hybridized carbons (Fsp3) is 0.533. The molecule has 0 radical (unpaired) electrons. The molecular formula is C15H18O2. The van der Waals surface area contributed by atoms with Gasteiger partial charge in [0.2, 0.25) is 0 Å². The van der Waals surface area contributed by atoms with Crippen LogP contribution in [0.2, 0.25) is 0 Å². The number of rotatable bonds is 1. The van der Waals surface area contributed by atoms with Gasteiger partial charge in [-0.2, -0.15) is 0 Å². The predicted octanol–water partition coefficient (Wildman–Crippen LogP) is 3.09. The molecule has 0 aliphatic heterocycles. The SMILES string of the molecule is COc1ccc2c(c1)CC[C@]1(C)C(=O)CC[C@H]21. The maximum absolute atomic E-state index is 12.0. The Kier molecular flexibility index (Phi) is 2.29. The van der Waals surface area contributed by atoms with Crippen molar-refractivity contribution in [1.82, 2.24) is 0 Å². The normalized spacial score (nSPS) is 30.9. The predicted molar refractivity (Wildman–Crippen MR) is 66.4 cm³/mol. The van der Waals surface area contributed by atoms with Crippen molar-refractivity contribution in [3.63, 3.8) is 0 Å². The Hall–Kier alpha value is -1.31. The van der Waals surface area contributed by atoms with Crippen molar-refractivity contribution in [2.75, 3.05) is 7.11 Å². The third kappa shape index (κ3) is 1.43. The van der Waals surface area contributed by atoms with Crippen molar-refractivity contribution in [1.29, 1.82) is 0 Å². The van der Waals surface area contributed by atoms with Crippen molar-refractivity contribution >= 4 is 5.78 Å². The van der Waals surface area contributed by atoms with Crippen molar-refractivity contribution in [2.24, 2.45) is 5.41 Å². The van der Waals surface area contributed by atoms with E-state index in [-0.39, 0.29) is 5.41 Å². The van der Waals surface area contributed by atoms with E-state index in [4.69, 9.17) is 4.74 Å². The lowest BCUT2D eigenvalue weighted by molar-refractivity contribution is -0.126. The first-order valence-corrected chi connectivity index (χ1v) is 6.35. The van der Waals surface area contributed by atoms with Crippen LogP contribution in [0.15, 0.2) is 18.2 Å². The summed E-state index contributed by atoms with van der Waals surface area (Å²) in [5.74, 6) is 1.82. The highest BCUT2D eigenvalue weighted by Gasteiger charge is 2.48. The number of fused-ring (bicyclic) bond motifs is 3. The first kappa shape index (κ1) is 10.8. The molecule has 2 atom stereocenters. The van der Waals surface area contributed by atoms with Crippen molar-refractivity contribution < 1.29 is 9.53 Å². The number of Topliss-reactive ketones (excluding diaryl/α,β-unsaturated/α-hetero) is 1. The molecule has 1 aromatic rings. The molecule has 1 saturated carbocycles. The van der Waals surface area contributed by atoms with Crippen LogP contribution in [-0.4, -0.2) is 12.9 Å². The Labute approximate surface area is 102 Å². The highest BCUT2D eigenvalue weighted by atomic mass is 16.5. The van der Waals surface area contributed by atoms with E-state index in [0.29, 0.717) is 11.7 Å². The minimum atomic E-state index is -0.0956. The molecule has 2 heteroatoms. The zero-order chi connectivity index (χ0) is 12.0. The number of benzene rings is 1. The molecule has 0 N–H and O–H groups in total. The average Bonchev–Trinajstić information content (AvgIpc) is 2.65. The Morgan fingerprint density at radius 1 is 1.35 bits per heavy atom. The minimum Gasteiger partial charge on any atom is -0.497 e. The van der Waals surface area contributed by atoms with Crippen molar-refractivity contribution in [3.05, 3.63) is 29.3 Å². The van der Waals surface area contributed by atoms with Gasteiger partial charge in [-0.1, -0.05) is 13.0 Å². The summed E-state index contributed by atoms with van der Waals surface area (Å²) < 4.78 is 5.27. The molecule has 17 heavy (non-hydrogen) atoms. The van der Waals surface area contributed by atoms with E-state index in [0.717, 1.165) is 31.4 Å². The van der Waals surface area contributed by atoms with Crippen LogP contribution in [0, 0.1) is 5.41 Å². The summed E-state index contributed by atoms with van der Waals surface area (Å²) in [5, 5.41) is 0. The highest BCUT2D eigenvalue weighted by molar-refractivity contribution is 5.88. The van der Waals surface area contributed by atoms with Gasteiger partial charge in [-0.3, -0.25) is 4.79 Å². The standard InChI is InChI=1S/C15H18O2/c1-15-8-7-10-9-11(17-2)3-4-12(10)13(15)5-6-14(15)16/h3-4,9,13H,5-8H2,1-2H3/t13-,15+/m1/s1. The van der Waals surface area contributed by atoms with E-state index in [9.17, 15) is 4.79 Å². The summed E-state index contributed by atoms with van der Waals surface area (Å²) in [6.07, 6.45) is 3.78. The van der Waals surface area contributed by atoms with Crippen LogP contribution < -0.4 is 4.74 Å². The molecule has 0 heterocycles. The number of ether oxygens (including phenoxy) is 1. The van der Waals surface area contributed by atoms with Gasteiger partial charge >= 0.3 is 0 Å². The van der Waals surface area contributed by atoms with Gasteiger partial charge in [-0.05, 0) is 48.4 Å². The third-order valence-electron chi connectivity index (χ3n) is 4.71. The number of carbonyl (C=O) groups is 1. The summed E-state index contributed by atoms with van der Waals surface area (Å²) in [5.41, 5.74) is 2.66. The second-order valence-electron chi connectivity index (χ2n) is 5.50. The molecule has 0 amide bonds. The maximum Gasteiger partial charge on any atom is 0.139 e. The van der Waals surface area contributed by atoms with Crippen LogP contribution in [0.1, 0.15) is 43.2 Å². The Balaban J connectivity index is 2.06. The van der Waals surface area contributed by atoms with Gasteiger partial charge in [0.15, 0.2) is 0 Å². The molecule has 1 fully saturated rings. The maximum atomic E-state index is 12.0. The first-order valence-electron chi connectivity index (χ1n) is 6.35. The fourth-order valence-corrected chi connectivity index (χ4v) is 3.55. The third-order valence-corrected chi connectivity index (χ3v) is 4.71. The van der Waals surface area contributed by atoms with Crippen LogP contribution in [0.4, 0.5) is 0 Å². The molecular weight excluding hydrogens is 212 g/mol. The molecule has 0 aromatic heterocycles. The molecule has 0 saturated heterocycles. The second kappa shape index (κ2) is 3.59. The van der Waals surface area contributed by atoms with E-state index < -0.39 is 0 Å². The summed E-state index contributed by atoms with van der Waals surface area (Å²) in [7, 11) is 1.70. The Bertz CT molecular complexity index is 478. The molecule has 3 rings (SSSR count). The van der Waals surface area contributed by atoms with Crippen LogP contribution in [0.3, 0.4) is 0 Å². The van der Waals surface area contributed by atoms with E-state index in [1.807, 2.05) is 6.07 Å². The van der Waals surface area contributed by atoms with Gasteiger partial charge in [-0.25, -0.2) is 0 Å². The zero-order valence-corrected chi connectivity index (χ0v) is 10.5. The van der Waals surface area contributed by atoms with Gasteiger partial charge in [0.05, 0.1) is 7.11 Å². The quantitative estimate of drug-likeness (QED) is 0.741. The summed E-state index contributed by atoms with van der Waals surface area (Å²) in [6, 6.07) is 6.32. The van der Waals surface area contributed by atoms with E-state index in [1.165, 1.54) is 11.1 Å². The van der Waals surface area contributed by atoms with Crippen LogP contribution in [-0.2, 0) is 11.2 Å². The zero-order valence-electron chi connectivity index (χ0n) is 10.5. The number of ketones is 1. The smallest absolute Gasteiger partial charge is 0.139 e. The molecule has 2 nitrogen and oxygen atoms in total. The van der Waals surface area contributed by atoms with Gasteiger partial charge < -0.3 is 4.74 Å². The monoisotopic (exact) mass is 230 g/mol. The second-order valence-corrected chi connectivity index (χ2v) is 5.50. The van der Waals surface area contributed by atoms with E-state index in [2.05, 4.69) is 19.1 Å². The lowest BCUT2D eigenvalue weighted by Crippen LogP contribution is -2.32.